The zero-order chi connectivity index (χ0) is 14.7. The van der Waals surface area contributed by atoms with Gasteiger partial charge in [0.15, 0.2) is 0 Å². The molecular weight excluding hydrogens is 260 g/mol. The molecule has 2 unspecified atom stereocenters. The van der Waals surface area contributed by atoms with Gasteiger partial charge in [0, 0.05) is 50.5 Å². The fourth-order valence-electron chi connectivity index (χ4n) is 3.04. The lowest BCUT2D eigenvalue weighted by atomic mass is 10.0. The maximum absolute atomic E-state index is 4.27. The predicted octanol–water partition coefficient (Wildman–Crippen LogP) is 1.83. The van der Waals surface area contributed by atoms with Crippen LogP contribution in [0.4, 0.5) is 0 Å². The Morgan fingerprint density at radius 2 is 2.05 bits per heavy atom. The number of aryl methyl sites for hydroxylation is 1. The summed E-state index contributed by atoms with van der Waals surface area (Å²) in [6.07, 6.45) is 5.18. The van der Waals surface area contributed by atoms with E-state index in [0.717, 1.165) is 26.1 Å². The van der Waals surface area contributed by atoms with Gasteiger partial charge >= 0.3 is 0 Å². The summed E-state index contributed by atoms with van der Waals surface area (Å²) in [5.74, 6) is 0. The third-order valence-electron chi connectivity index (χ3n) is 4.25. The van der Waals surface area contributed by atoms with Crippen molar-refractivity contribution >= 4 is 0 Å². The molecule has 2 aromatic rings. The van der Waals surface area contributed by atoms with Crippen molar-refractivity contribution in [3.8, 4) is 0 Å². The molecule has 112 valence electrons. The molecular formula is C17H24N4. The van der Waals surface area contributed by atoms with Crippen LogP contribution in [-0.4, -0.2) is 39.9 Å². The average Bonchev–Trinajstić information content (AvgIpc) is 2.89. The van der Waals surface area contributed by atoms with E-state index in [1.807, 2.05) is 17.9 Å². The Labute approximate surface area is 126 Å². The molecule has 1 aromatic carbocycles. The molecule has 0 spiro atoms. The van der Waals surface area contributed by atoms with Crippen LogP contribution in [0.2, 0.25) is 0 Å². The quantitative estimate of drug-likeness (QED) is 0.930. The van der Waals surface area contributed by atoms with Crippen molar-refractivity contribution in [2.75, 3.05) is 13.1 Å². The van der Waals surface area contributed by atoms with Gasteiger partial charge < -0.3 is 5.32 Å². The van der Waals surface area contributed by atoms with Gasteiger partial charge in [-0.25, -0.2) is 0 Å². The third kappa shape index (κ3) is 3.71. The monoisotopic (exact) mass is 284 g/mol. The van der Waals surface area contributed by atoms with E-state index in [1.165, 1.54) is 11.1 Å². The molecule has 3 rings (SSSR count). The summed E-state index contributed by atoms with van der Waals surface area (Å²) in [4.78, 5) is 2.56. The normalized spacial score (nSPS) is 23.3. The zero-order valence-corrected chi connectivity index (χ0v) is 12.9. The fraction of sp³-hybridized carbons (Fsp3) is 0.471. The van der Waals surface area contributed by atoms with E-state index in [1.54, 1.807) is 0 Å². The fourth-order valence-corrected chi connectivity index (χ4v) is 3.04. The van der Waals surface area contributed by atoms with E-state index in [2.05, 4.69) is 58.8 Å². The summed E-state index contributed by atoms with van der Waals surface area (Å²) < 4.78 is 1.88. The van der Waals surface area contributed by atoms with Gasteiger partial charge in [-0.15, -0.1) is 0 Å². The highest BCUT2D eigenvalue weighted by atomic mass is 15.3. The van der Waals surface area contributed by atoms with Crippen LogP contribution in [0.3, 0.4) is 0 Å². The van der Waals surface area contributed by atoms with E-state index < -0.39 is 0 Å². The molecule has 4 heteroatoms. The van der Waals surface area contributed by atoms with Crippen LogP contribution in [0.15, 0.2) is 42.7 Å². The Balaban J connectivity index is 1.61. The minimum absolute atomic E-state index is 0.528. The molecule has 0 bridgehead atoms. The van der Waals surface area contributed by atoms with Gasteiger partial charge in [0.05, 0.1) is 6.20 Å². The molecule has 1 aromatic heterocycles. The van der Waals surface area contributed by atoms with Crippen molar-refractivity contribution < 1.29 is 0 Å². The average molecular weight is 284 g/mol. The van der Waals surface area contributed by atoms with Crippen LogP contribution in [0.25, 0.3) is 0 Å². The van der Waals surface area contributed by atoms with E-state index in [0.29, 0.717) is 12.1 Å². The van der Waals surface area contributed by atoms with Crippen LogP contribution in [0.1, 0.15) is 18.1 Å². The SMILES string of the molecule is CC1CNC(Cc2ccccc2)CN1Cc1cnn(C)c1. The Morgan fingerprint density at radius 1 is 1.24 bits per heavy atom. The van der Waals surface area contributed by atoms with E-state index in [4.69, 9.17) is 0 Å². The minimum atomic E-state index is 0.528. The number of nitrogens with one attached hydrogen (secondary N) is 1. The highest BCUT2D eigenvalue weighted by Gasteiger charge is 2.25. The molecule has 1 aliphatic heterocycles. The first-order valence-electron chi connectivity index (χ1n) is 7.69. The molecule has 1 saturated heterocycles. The predicted molar refractivity (Wildman–Crippen MR) is 85.0 cm³/mol. The second-order valence-corrected chi connectivity index (χ2v) is 6.10. The molecule has 4 nitrogen and oxygen atoms in total. The number of nitrogens with zero attached hydrogens (tertiary/aromatic N) is 3. The number of hydrogen-bond donors (Lipinski definition) is 1. The molecule has 1 fully saturated rings. The van der Waals surface area contributed by atoms with Gasteiger partial charge in [-0.05, 0) is 18.9 Å². The number of aromatic nitrogens is 2. The van der Waals surface area contributed by atoms with Crippen molar-refractivity contribution in [1.82, 2.24) is 20.0 Å². The Morgan fingerprint density at radius 3 is 2.76 bits per heavy atom. The smallest absolute Gasteiger partial charge is 0.0534 e. The Kier molecular flexibility index (Phi) is 4.36. The first kappa shape index (κ1) is 14.3. The summed E-state index contributed by atoms with van der Waals surface area (Å²) in [5, 5.41) is 7.94. The first-order chi connectivity index (χ1) is 10.2. The summed E-state index contributed by atoms with van der Waals surface area (Å²) in [5.41, 5.74) is 2.70. The van der Waals surface area contributed by atoms with Gasteiger partial charge in [-0.3, -0.25) is 9.58 Å². The lowest BCUT2D eigenvalue weighted by Gasteiger charge is -2.38. The summed E-state index contributed by atoms with van der Waals surface area (Å²) in [7, 11) is 1.98. The van der Waals surface area contributed by atoms with Crippen molar-refractivity contribution in [3.05, 3.63) is 53.9 Å². The van der Waals surface area contributed by atoms with Gasteiger partial charge in [0.1, 0.15) is 0 Å². The van der Waals surface area contributed by atoms with Crippen LogP contribution < -0.4 is 5.32 Å². The summed E-state index contributed by atoms with van der Waals surface area (Å²) in [6.45, 7) is 5.42. The molecule has 0 amide bonds. The van der Waals surface area contributed by atoms with Crippen LogP contribution >= 0.6 is 0 Å². The second kappa shape index (κ2) is 6.41. The van der Waals surface area contributed by atoms with E-state index >= 15 is 0 Å². The summed E-state index contributed by atoms with van der Waals surface area (Å²) >= 11 is 0. The minimum Gasteiger partial charge on any atom is -0.311 e. The number of benzene rings is 1. The van der Waals surface area contributed by atoms with Crippen molar-refractivity contribution in [2.24, 2.45) is 7.05 Å². The van der Waals surface area contributed by atoms with Crippen molar-refractivity contribution in [2.45, 2.75) is 32.0 Å². The maximum atomic E-state index is 4.27. The molecule has 1 aliphatic rings. The lowest BCUT2D eigenvalue weighted by molar-refractivity contribution is 0.133. The summed E-state index contributed by atoms with van der Waals surface area (Å²) in [6, 6.07) is 11.8. The molecule has 0 radical (unpaired) electrons. The van der Waals surface area contributed by atoms with E-state index in [-0.39, 0.29) is 0 Å². The van der Waals surface area contributed by atoms with Gasteiger partial charge in [0.25, 0.3) is 0 Å². The molecule has 2 heterocycles. The van der Waals surface area contributed by atoms with Crippen LogP contribution in [0, 0.1) is 0 Å². The molecule has 0 saturated carbocycles. The molecule has 1 N–H and O–H groups in total. The molecule has 2 atom stereocenters. The van der Waals surface area contributed by atoms with Crippen LogP contribution in [-0.2, 0) is 20.0 Å². The maximum Gasteiger partial charge on any atom is 0.0534 e. The van der Waals surface area contributed by atoms with Crippen molar-refractivity contribution in [3.63, 3.8) is 0 Å². The highest BCUT2D eigenvalue weighted by molar-refractivity contribution is 5.16. The number of rotatable bonds is 4. The van der Waals surface area contributed by atoms with Gasteiger partial charge in [-0.1, -0.05) is 30.3 Å². The van der Waals surface area contributed by atoms with Gasteiger partial charge in [0.2, 0.25) is 0 Å². The van der Waals surface area contributed by atoms with Gasteiger partial charge in [-0.2, -0.15) is 5.10 Å². The Bertz CT molecular complexity index is 563. The van der Waals surface area contributed by atoms with E-state index in [9.17, 15) is 0 Å². The highest BCUT2D eigenvalue weighted by Crippen LogP contribution is 2.14. The lowest BCUT2D eigenvalue weighted by Crippen LogP contribution is -2.55. The topological polar surface area (TPSA) is 33.1 Å². The van der Waals surface area contributed by atoms with Crippen molar-refractivity contribution in [1.29, 1.82) is 0 Å². The first-order valence-corrected chi connectivity index (χ1v) is 7.69. The number of hydrogen-bond acceptors (Lipinski definition) is 3. The number of piperazine rings is 1. The van der Waals surface area contributed by atoms with Crippen LogP contribution in [0.5, 0.6) is 0 Å². The Hall–Kier alpha value is -1.65. The third-order valence-corrected chi connectivity index (χ3v) is 4.25. The molecule has 0 aliphatic carbocycles. The zero-order valence-electron chi connectivity index (χ0n) is 12.9. The molecule has 21 heavy (non-hydrogen) atoms. The standard InChI is InChI=1S/C17H24N4/c1-14-9-18-17(8-15-6-4-3-5-7-15)13-21(14)12-16-10-19-20(2)11-16/h3-7,10-11,14,17-18H,8-9,12-13H2,1-2H3. The second-order valence-electron chi connectivity index (χ2n) is 6.10. The largest absolute Gasteiger partial charge is 0.311 e.